The lowest BCUT2D eigenvalue weighted by atomic mass is 10.3. The molecular weight excluding hydrogens is 321 g/mol. The predicted octanol–water partition coefficient (Wildman–Crippen LogP) is 5.18. The van der Waals surface area contributed by atoms with Crippen LogP contribution in [0, 0.1) is 0 Å². The highest BCUT2D eigenvalue weighted by molar-refractivity contribution is 8.00. The Balaban J connectivity index is 2.62. The summed E-state index contributed by atoms with van der Waals surface area (Å²) in [6, 6.07) is 3.88. The zero-order valence-electron chi connectivity index (χ0n) is 8.76. The largest absolute Gasteiger partial charge is 0.479 e. The minimum Gasteiger partial charge on any atom is -0.417 e. The van der Waals surface area contributed by atoms with Gasteiger partial charge in [0.15, 0.2) is 12.0 Å². The van der Waals surface area contributed by atoms with Crippen LogP contribution < -0.4 is 4.18 Å². The second kappa shape index (κ2) is 6.12. The maximum atomic E-state index is 12.7. The van der Waals surface area contributed by atoms with E-state index in [0.717, 1.165) is 24.3 Å². The molecule has 0 heterocycles. The van der Waals surface area contributed by atoms with E-state index in [2.05, 4.69) is 4.18 Å². The highest BCUT2D eigenvalue weighted by Gasteiger charge is 2.41. The van der Waals surface area contributed by atoms with Crippen LogP contribution in [0.1, 0.15) is 0 Å². The number of hydrogen-bond donors (Lipinski definition) is 0. The maximum absolute atomic E-state index is 12.7. The summed E-state index contributed by atoms with van der Waals surface area (Å²) in [6.45, 7) is 0. The molecule has 0 aliphatic carbocycles. The molecule has 0 atom stereocenters. The van der Waals surface area contributed by atoms with Crippen molar-refractivity contribution in [2.75, 3.05) is 0 Å². The molecular formula is C9H5F7OS2. The van der Waals surface area contributed by atoms with Crippen molar-refractivity contribution in [2.24, 2.45) is 0 Å². The van der Waals surface area contributed by atoms with Gasteiger partial charge in [-0.2, -0.15) is 22.0 Å². The van der Waals surface area contributed by atoms with E-state index in [1.165, 1.54) is 0 Å². The van der Waals surface area contributed by atoms with Gasteiger partial charge in [0.2, 0.25) is 0 Å². The molecule has 0 fully saturated rings. The summed E-state index contributed by atoms with van der Waals surface area (Å²) in [5.41, 5.74) is -4.60. The van der Waals surface area contributed by atoms with E-state index in [1.54, 1.807) is 0 Å². The molecule has 0 bridgehead atoms. The van der Waals surface area contributed by atoms with Gasteiger partial charge in [0, 0.05) is 4.90 Å². The number of halogens is 7. The lowest BCUT2D eigenvalue weighted by Crippen LogP contribution is -2.21. The van der Waals surface area contributed by atoms with Crippen LogP contribution in [-0.4, -0.2) is 17.2 Å². The Morgan fingerprint density at radius 2 is 1.47 bits per heavy atom. The summed E-state index contributed by atoms with van der Waals surface area (Å²) in [7, 11) is 0. The second-order valence-corrected chi connectivity index (χ2v) is 5.06. The van der Waals surface area contributed by atoms with E-state index in [4.69, 9.17) is 0 Å². The van der Waals surface area contributed by atoms with Crippen molar-refractivity contribution in [1.82, 2.24) is 0 Å². The third-order valence-corrected chi connectivity index (χ3v) is 2.99. The highest BCUT2D eigenvalue weighted by Crippen LogP contribution is 2.41. The summed E-state index contributed by atoms with van der Waals surface area (Å²) in [4.78, 5) is -0.213. The van der Waals surface area contributed by atoms with Crippen molar-refractivity contribution in [1.29, 1.82) is 0 Å². The van der Waals surface area contributed by atoms with Gasteiger partial charge in [0.25, 0.3) is 0 Å². The lowest BCUT2D eigenvalue weighted by Gasteiger charge is -2.14. The van der Waals surface area contributed by atoms with Gasteiger partial charge in [0.1, 0.15) is 5.75 Å². The van der Waals surface area contributed by atoms with Crippen LogP contribution >= 0.6 is 23.8 Å². The van der Waals surface area contributed by atoms with Crippen molar-refractivity contribution in [3.05, 3.63) is 24.3 Å². The fourth-order valence-electron chi connectivity index (χ4n) is 0.860. The Hall–Kier alpha value is -0.770. The average molecular weight is 326 g/mol. The summed E-state index contributed by atoms with van der Waals surface area (Å²) in [6.07, 6.45) is -3.84. The topological polar surface area (TPSA) is 9.23 Å². The number of rotatable bonds is 5. The van der Waals surface area contributed by atoms with E-state index in [1.807, 2.05) is 0 Å². The fourth-order valence-corrected chi connectivity index (χ4v) is 1.84. The van der Waals surface area contributed by atoms with Crippen molar-refractivity contribution < 1.29 is 34.9 Å². The van der Waals surface area contributed by atoms with Gasteiger partial charge in [-0.05, 0) is 36.0 Å². The van der Waals surface area contributed by atoms with Crippen LogP contribution in [0.5, 0.6) is 5.75 Å². The number of alkyl halides is 7. The molecule has 0 radical (unpaired) electrons. The van der Waals surface area contributed by atoms with Crippen LogP contribution in [0.25, 0.3) is 0 Å². The molecule has 0 amide bonds. The predicted molar refractivity (Wildman–Crippen MR) is 57.5 cm³/mol. The third-order valence-electron chi connectivity index (χ3n) is 1.56. The van der Waals surface area contributed by atoms with Gasteiger partial charge in [-0.15, -0.1) is 0 Å². The molecule has 0 saturated heterocycles. The molecule has 19 heavy (non-hydrogen) atoms. The lowest BCUT2D eigenvalue weighted by molar-refractivity contribution is -0.0563. The van der Waals surface area contributed by atoms with E-state index in [9.17, 15) is 30.7 Å². The van der Waals surface area contributed by atoms with E-state index < -0.39 is 29.2 Å². The molecule has 1 rings (SSSR count). The van der Waals surface area contributed by atoms with Gasteiger partial charge in [-0.25, -0.2) is 8.78 Å². The minimum atomic E-state index is -4.60. The normalized spacial score (nSPS) is 12.8. The number of benzene rings is 1. The first kappa shape index (κ1) is 16.3. The van der Waals surface area contributed by atoms with Crippen LogP contribution in [0.2, 0.25) is 0 Å². The van der Waals surface area contributed by atoms with Gasteiger partial charge in [-0.1, -0.05) is 0 Å². The summed E-state index contributed by atoms with van der Waals surface area (Å²) < 4.78 is 88.7. The van der Waals surface area contributed by atoms with Crippen LogP contribution in [0.4, 0.5) is 30.7 Å². The summed E-state index contributed by atoms with van der Waals surface area (Å²) >= 11 is -1.15. The molecule has 1 aromatic rings. The van der Waals surface area contributed by atoms with E-state index >= 15 is 0 Å². The number of hydrogen-bond acceptors (Lipinski definition) is 3. The molecule has 1 aromatic carbocycles. The van der Waals surface area contributed by atoms with Crippen molar-refractivity contribution in [3.8, 4) is 5.75 Å². The molecule has 108 valence electrons. The Bertz CT molecular complexity index is 404. The maximum Gasteiger partial charge on any atom is 0.479 e. The molecule has 0 aromatic heterocycles. The molecule has 0 spiro atoms. The first-order valence-corrected chi connectivity index (χ1v) is 6.03. The zero-order chi connectivity index (χ0) is 14.7. The number of thioether (sulfide) groups is 1. The molecule has 0 N–H and O–H groups in total. The highest BCUT2D eigenvalue weighted by atomic mass is 32.2. The van der Waals surface area contributed by atoms with E-state index in [0.29, 0.717) is 0 Å². The molecule has 10 heteroatoms. The Kier molecular flexibility index (Phi) is 5.25. The second-order valence-electron chi connectivity index (χ2n) is 3.05. The third kappa shape index (κ3) is 5.81. The van der Waals surface area contributed by atoms with Crippen molar-refractivity contribution >= 4 is 23.8 Å². The Morgan fingerprint density at radius 1 is 0.947 bits per heavy atom. The van der Waals surface area contributed by atoms with Gasteiger partial charge >= 0.3 is 17.2 Å². The standard InChI is InChI=1S/C9H5F7OS2/c10-7(11)8(12,13)18-6-3-1-5(2-4-6)17-19-9(14,15)16/h1-4,7H. The summed E-state index contributed by atoms with van der Waals surface area (Å²) in [5.74, 6) is -0.230. The van der Waals surface area contributed by atoms with Crippen molar-refractivity contribution in [2.45, 2.75) is 22.1 Å². The quantitative estimate of drug-likeness (QED) is 0.419. The molecule has 0 aliphatic rings. The van der Waals surface area contributed by atoms with Gasteiger partial charge in [0.05, 0.1) is 0 Å². The molecule has 1 nitrogen and oxygen atoms in total. The Labute approximate surface area is 111 Å². The fraction of sp³-hybridized carbons (Fsp3) is 0.333. The van der Waals surface area contributed by atoms with Crippen molar-refractivity contribution in [3.63, 3.8) is 0 Å². The summed E-state index contributed by atoms with van der Waals surface area (Å²) in [5, 5.41) is -4.26. The average Bonchev–Trinajstić information content (AvgIpc) is 2.26. The SMILES string of the molecule is FC(F)C(F)(F)Sc1ccc(OSC(F)(F)F)cc1. The van der Waals surface area contributed by atoms with Crippen LogP contribution in [0.3, 0.4) is 0 Å². The molecule has 0 saturated carbocycles. The van der Waals surface area contributed by atoms with Gasteiger partial charge < -0.3 is 4.18 Å². The van der Waals surface area contributed by atoms with Crippen LogP contribution in [0.15, 0.2) is 29.2 Å². The zero-order valence-corrected chi connectivity index (χ0v) is 10.4. The smallest absolute Gasteiger partial charge is 0.417 e. The van der Waals surface area contributed by atoms with Gasteiger partial charge in [-0.3, -0.25) is 0 Å². The minimum absolute atomic E-state index is 0.213. The first-order valence-electron chi connectivity index (χ1n) is 4.47. The molecule has 0 aliphatic heterocycles. The molecule has 0 unspecified atom stereocenters. The monoisotopic (exact) mass is 326 g/mol. The van der Waals surface area contributed by atoms with E-state index in [-0.39, 0.29) is 22.4 Å². The first-order chi connectivity index (χ1) is 8.60. The van der Waals surface area contributed by atoms with Crippen LogP contribution in [-0.2, 0) is 0 Å². The Morgan fingerprint density at radius 3 is 1.89 bits per heavy atom.